The molecule has 0 saturated carbocycles. The minimum atomic E-state index is -1.07. The molecule has 27 heavy (non-hydrogen) atoms. The number of hydrogen-bond acceptors (Lipinski definition) is 5. The predicted octanol–water partition coefficient (Wildman–Crippen LogP) is 0.868. The van der Waals surface area contributed by atoms with Crippen LogP contribution in [0, 0.1) is 18.8 Å². The Bertz CT molecular complexity index is 869. The van der Waals surface area contributed by atoms with Crippen LogP contribution in [-0.4, -0.2) is 60.4 Å². The van der Waals surface area contributed by atoms with Crippen molar-refractivity contribution in [2.24, 2.45) is 11.8 Å². The third-order valence-electron chi connectivity index (χ3n) is 6.76. The minimum Gasteiger partial charge on any atom is -0.383 e. The number of hydrogen-bond donors (Lipinski definition) is 1. The van der Waals surface area contributed by atoms with Gasteiger partial charge in [-0.3, -0.25) is 24.2 Å². The summed E-state index contributed by atoms with van der Waals surface area (Å²) in [6.07, 6.45) is 1.78. The quantitative estimate of drug-likeness (QED) is 0.800. The van der Waals surface area contributed by atoms with Crippen molar-refractivity contribution in [3.63, 3.8) is 0 Å². The van der Waals surface area contributed by atoms with Crippen LogP contribution >= 0.6 is 0 Å². The number of nitrogens with zero attached hydrogens (tertiary/aromatic N) is 2. The first-order valence-corrected chi connectivity index (χ1v) is 9.55. The first-order chi connectivity index (χ1) is 13.0. The lowest BCUT2D eigenvalue weighted by atomic mass is 9.75. The highest BCUT2D eigenvalue weighted by molar-refractivity contribution is 6.15. The van der Waals surface area contributed by atoms with Crippen LogP contribution in [0.25, 0.3) is 0 Å². The summed E-state index contributed by atoms with van der Waals surface area (Å²) >= 11 is 0. The van der Waals surface area contributed by atoms with Crippen molar-refractivity contribution < 1.29 is 19.1 Å². The average molecular weight is 369 g/mol. The molecule has 4 heterocycles. The Kier molecular flexibility index (Phi) is 3.52. The molecule has 1 spiro atoms. The monoisotopic (exact) mass is 369 g/mol. The SMILES string of the molecule is COCCN1C(=O)[C@@H]2[C@H]3CCCN3[C@@]3(C(=O)Nc4ccc(C)cc43)[C@H]2C1=O. The van der Waals surface area contributed by atoms with E-state index in [9.17, 15) is 14.4 Å². The molecule has 7 nitrogen and oxygen atoms in total. The van der Waals surface area contributed by atoms with Crippen molar-refractivity contribution in [1.29, 1.82) is 0 Å². The maximum atomic E-state index is 13.4. The number of fused-ring (bicyclic) bond motifs is 7. The summed E-state index contributed by atoms with van der Waals surface area (Å²) in [6, 6.07) is 5.80. The number of nitrogens with one attached hydrogen (secondary N) is 1. The van der Waals surface area contributed by atoms with Gasteiger partial charge in [0.15, 0.2) is 0 Å². The van der Waals surface area contributed by atoms with Gasteiger partial charge >= 0.3 is 0 Å². The van der Waals surface area contributed by atoms with Gasteiger partial charge in [0.1, 0.15) is 5.54 Å². The molecule has 0 radical (unpaired) electrons. The number of methoxy groups -OCH3 is 1. The molecule has 0 unspecified atom stereocenters. The number of ether oxygens (including phenoxy) is 1. The van der Waals surface area contributed by atoms with E-state index < -0.39 is 17.4 Å². The van der Waals surface area contributed by atoms with Gasteiger partial charge in [0.25, 0.3) is 0 Å². The maximum Gasteiger partial charge on any atom is 0.250 e. The van der Waals surface area contributed by atoms with Gasteiger partial charge in [-0.2, -0.15) is 0 Å². The number of amides is 3. The van der Waals surface area contributed by atoms with Crippen molar-refractivity contribution in [2.45, 2.75) is 31.3 Å². The molecule has 4 aliphatic rings. The normalized spacial score (nSPS) is 34.4. The number of imide groups is 1. The first-order valence-electron chi connectivity index (χ1n) is 9.55. The fourth-order valence-corrected chi connectivity index (χ4v) is 5.78. The number of anilines is 1. The third-order valence-corrected chi connectivity index (χ3v) is 6.76. The summed E-state index contributed by atoms with van der Waals surface area (Å²) in [5.74, 6) is -1.66. The molecule has 1 aromatic carbocycles. The van der Waals surface area contributed by atoms with Crippen LogP contribution < -0.4 is 5.32 Å². The van der Waals surface area contributed by atoms with Gasteiger partial charge in [-0.15, -0.1) is 0 Å². The van der Waals surface area contributed by atoms with E-state index >= 15 is 0 Å². The first kappa shape index (κ1) is 16.9. The van der Waals surface area contributed by atoms with Crippen LogP contribution in [0.2, 0.25) is 0 Å². The molecule has 0 aromatic heterocycles. The summed E-state index contributed by atoms with van der Waals surface area (Å²) < 4.78 is 5.08. The van der Waals surface area contributed by atoms with Crippen molar-refractivity contribution in [1.82, 2.24) is 9.80 Å². The third kappa shape index (κ3) is 1.91. The lowest BCUT2D eigenvalue weighted by Crippen LogP contribution is -2.54. The smallest absolute Gasteiger partial charge is 0.250 e. The van der Waals surface area contributed by atoms with Crippen LogP contribution in [0.5, 0.6) is 0 Å². The van der Waals surface area contributed by atoms with Gasteiger partial charge in [0.05, 0.1) is 25.0 Å². The van der Waals surface area contributed by atoms with Gasteiger partial charge in [-0.25, -0.2) is 0 Å². The van der Waals surface area contributed by atoms with Crippen molar-refractivity contribution in [3.8, 4) is 0 Å². The highest BCUT2D eigenvalue weighted by Gasteiger charge is 2.74. The van der Waals surface area contributed by atoms with Crippen molar-refractivity contribution in [3.05, 3.63) is 29.3 Å². The van der Waals surface area contributed by atoms with Crippen molar-refractivity contribution in [2.75, 3.05) is 32.1 Å². The molecule has 3 amide bonds. The van der Waals surface area contributed by atoms with Gasteiger partial charge in [-0.05, 0) is 32.4 Å². The van der Waals surface area contributed by atoms with Crippen LogP contribution in [0.15, 0.2) is 18.2 Å². The van der Waals surface area contributed by atoms with Crippen LogP contribution in [0.3, 0.4) is 0 Å². The summed E-state index contributed by atoms with van der Waals surface area (Å²) in [5, 5.41) is 2.99. The van der Waals surface area contributed by atoms with Gasteiger partial charge in [0.2, 0.25) is 17.7 Å². The Morgan fingerprint density at radius 2 is 2.07 bits per heavy atom. The predicted molar refractivity (Wildman–Crippen MR) is 96.8 cm³/mol. The summed E-state index contributed by atoms with van der Waals surface area (Å²) in [4.78, 5) is 43.4. The second-order valence-electron chi connectivity index (χ2n) is 8.00. The van der Waals surface area contributed by atoms with E-state index in [2.05, 4.69) is 10.2 Å². The van der Waals surface area contributed by atoms with Crippen LogP contribution in [-0.2, 0) is 24.7 Å². The number of carbonyl (C=O) groups is 3. The Balaban J connectivity index is 1.69. The molecule has 4 atom stereocenters. The molecule has 142 valence electrons. The van der Waals surface area contributed by atoms with Crippen molar-refractivity contribution >= 4 is 23.4 Å². The Labute approximate surface area is 157 Å². The van der Waals surface area contributed by atoms with Gasteiger partial charge in [-0.1, -0.05) is 17.7 Å². The zero-order chi connectivity index (χ0) is 18.9. The largest absolute Gasteiger partial charge is 0.383 e. The highest BCUT2D eigenvalue weighted by atomic mass is 16.5. The number of carbonyl (C=O) groups excluding carboxylic acids is 3. The standard InChI is InChI=1S/C20H23N3O4/c1-11-5-6-13-12(10-11)20(19(26)21-13)16-15(14-4-3-7-23(14)20)17(24)22(18(16)25)8-9-27-2/h5-6,10,14-16H,3-4,7-9H2,1-2H3,(H,21,26)/t14-,15-,16-,20-/m1/s1. The van der Waals surface area contributed by atoms with E-state index in [1.54, 1.807) is 7.11 Å². The van der Waals surface area contributed by atoms with Gasteiger partial charge in [0, 0.05) is 24.4 Å². The fraction of sp³-hybridized carbons (Fsp3) is 0.550. The number of aryl methyl sites for hydroxylation is 1. The molecule has 1 N–H and O–H groups in total. The molecular formula is C20H23N3O4. The van der Waals surface area contributed by atoms with E-state index in [1.807, 2.05) is 25.1 Å². The minimum absolute atomic E-state index is 0.0591. The highest BCUT2D eigenvalue weighted by Crippen LogP contribution is 2.60. The molecule has 5 rings (SSSR count). The molecule has 1 aromatic rings. The lowest BCUT2D eigenvalue weighted by molar-refractivity contribution is -0.146. The lowest BCUT2D eigenvalue weighted by Gasteiger charge is -2.36. The van der Waals surface area contributed by atoms with E-state index in [-0.39, 0.29) is 30.3 Å². The molecule has 3 fully saturated rings. The van der Waals surface area contributed by atoms with E-state index in [1.165, 1.54) is 4.90 Å². The fourth-order valence-electron chi connectivity index (χ4n) is 5.78. The zero-order valence-corrected chi connectivity index (χ0v) is 15.5. The second-order valence-corrected chi connectivity index (χ2v) is 8.00. The molecule has 3 saturated heterocycles. The zero-order valence-electron chi connectivity index (χ0n) is 15.5. The molecule has 0 bridgehead atoms. The van der Waals surface area contributed by atoms with Crippen LogP contribution in [0.4, 0.5) is 5.69 Å². The van der Waals surface area contributed by atoms with Crippen LogP contribution in [0.1, 0.15) is 24.0 Å². The molecule has 7 heteroatoms. The Hall–Kier alpha value is -2.25. The molecule has 0 aliphatic carbocycles. The van der Waals surface area contributed by atoms with E-state index in [0.29, 0.717) is 6.61 Å². The van der Waals surface area contributed by atoms with E-state index in [0.717, 1.165) is 36.2 Å². The Morgan fingerprint density at radius 3 is 2.85 bits per heavy atom. The number of likely N-dealkylation sites (tertiary alicyclic amines) is 1. The topological polar surface area (TPSA) is 79.0 Å². The number of rotatable bonds is 3. The maximum absolute atomic E-state index is 13.4. The second kappa shape index (κ2) is 5.62. The average Bonchev–Trinajstić information content (AvgIpc) is 3.33. The Morgan fingerprint density at radius 1 is 1.26 bits per heavy atom. The van der Waals surface area contributed by atoms with Gasteiger partial charge < -0.3 is 10.1 Å². The van der Waals surface area contributed by atoms with E-state index in [4.69, 9.17) is 4.74 Å². The summed E-state index contributed by atoms with van der Waals surface area (Å²) in [5.41, 5.74) is 1.58. The summed E-state index contributed by atoms with van der Waals surface area (Å²) in [6.45, 7) is 3.26. The summed E-state index contributed by atoms with van der Waals surface area (Å²) in [7, 11) is 1.55. The molecule has 4 aliphatic heterocycles. The molecular weight excluding hydrogens is 346 g/mol. The number of benzene rings is 1.